The number of halogens is 6. The maximum atomic E-state index is 13.7. The van der Waals surface area contributed by atoms with E-state index < -0.39 is 28.8 Å². The van der Waals surface area contributed by atoms with E-state index in [9.17, 15) is 18.0 Å². The fourth-order valence-electron chi connectivity index (χ4n) is 2.46. The summed E-state index contributed by atoms with van der Waals surface area (Å²) < 4.78 is 41.5. The van der Waals surface area contributed by atoms with E-state index in [1.807, 2.05) is 13.8 Å². The first-order chi connectivity index (χ1) is 12.0. The zero-order valence-corrected chi connectivity index (χ0v) is 17.7. The van der Waals surface area contributed by atoms with E-state index in [0.29, 0.717) is 4.68 Å². The van der Waals surface area contributed by atoms with Gasteiger partial charge in [0.25, 0.3) is 5.91 Å². The van der Waals surface area contributed by atoms with E-state index in [2.05, 4.69) is 10.1 Å². The molecular weight excluding hydrogens is 442 g/mol. The van der Waals surface area contributed by atoms with Crippen LogP contribution in [-0.2, 0) is 6.18 Å². The van der Waals surface area contributed by atoms with Crippen LogP contribution < -0.4 is 5.73 Å². The van der Waals surface area contributed by atoms with Crippen LogP contribution in [-0.4, -0.2) is 45.7 Å². The zero-order valence-electron chi connectivity index (χ0n) is 15.3. The van der Waals surface area contributed by atoms with Crippen molar-refractivity contribution in [3.63, 3.8) is 0 Å². The molecule has 2 aromatic rings. The van der Waals surface area contributed by atoms with Crippen molar-refractivity contribution in [2.24, 2.45) is 11.1 Å². The standard InChI is InChI=1S/C16H19ClF3N5O.2ClH/c1-15(2,8-21)9-24(3)14(26)10-7-23-25(12(10)16(18,19)20)13-11(17)5-4-6-22-13;;/h4-7H,8-9,21H2,1-3H3;2*1H. The topological polar surface area (TPSA) is 77.0 Å². The zero-order chi connectivity index (χ0) is 19.7. The first kappa shape index (κ1) is 26.4. The molecular formula is C16H21Cl3F3N5O. The summed E-state index contributed by atoms with van der Waals surface area (Å²) in [5.41, 5.74) is 3.39. The fraction of sp³-hybridized carbons (Fsp3) is 0.438. The van der Waals surface area contributed by atoms with Crippen molar-refractivity contribution in [3.05, 3.63) is 40.8 Å². The van der Waals surface area contributed by atoms with Crippen LogP contribution in [0.4, 0.5) is 13.2 Å². The van der Waals surface area contributed by atoms with Gasteiger partial charge in [-0.25, -0.2) is 9.67 Å². The van der Waals surface area contributed by atoms with E-state index in [0.717, 1.165) is 6.20 Å². The minimum absolute atomic E-state index is 0. The molecule has 0 radical (unpaired) electrons. The van der Waals surface area contributed by atoms with Gasteiger partial charge in [-0.05, 0) is 24.1 Å². The molecule has 2 aromatic heterocycles. The lowest BCUT2D eigenvalue weighted by molar-refractivity contribution is -0.143. The molecule has 158 valence electrons. The highest BCUT2D eigenvalue weighted by atomic mass is 35.5. The summed E-state index contributed by atoms with van der Waals surface area (Å²) in [6.45, 7) is 4.10. The summed E-state index contributed by atoms with van der Waals surface area (Å²) in [7, 11) is 1.42. The van der Waals surface area contributed by atoms with Crippen molar-refractivity contribution < 1.29 is 18.0 Å². The van der Waals surface area contributed by atoms with Crippen LogP contribution in [0.15, 0.2) is 24.5 Å². The van der Waals surface area contributed by atoms with Crippen LogP contribution in [0.1, 0.15) is 29.9 Å². The van der Waals surface area contributed by atoms with Gasteiger partial charge >= 0.3 is 6.18 Å². The Bertz CT molecular complexity index is 811. The molecule has 1 amide bonds. The Kier molecular flexibility index (Phi) is 9.23. The molecule has 0 saturated heterocycles. The van der Waals surface area contributed by atoms with Gasteiger partial charge in [0.15, 0.2) is 11.5 Å². The molecule has 2 heterocycles. The van der Waals surface area contributed by atoms with Crippen molar-refractivity contribution in [1.29, 1.82) is 0 Å². The predicted molar refractivity (Wildman–Crippen MR) is 106 cm³/mol. The fourth-order valence-corrected chi connectivity index (χ4v) is 2.66. The molecule has 0 aliphatic heterocycles. The molecule has 0 saturated carbocycles. The Morgan fingerprint density at radius 2 is 1.93 bits per heavy atom. The van der Waals surface area contributed by atoms with E-state index in [-0.39, 0.29) is 48.7 Å². The Hall–Kier alpha value is -1.55. The van der Waals surface area contributed by atoms with Crippen molar-refractivity contribution in [2.75, 3.05) is 20.1 Å². The lowest BCUT2D eigenvalue weighted by Crippen LogP contribution is -2.40. The third-order valence-corrected chi connectivity index (χ3v) is 4.07. The van der Waals surface area contributed by atoms with Crippen LogP contribution in [0.2, 0.25) is 5.02 Å². The molecule has 0 aromatic carbocycles. The normalized spacial score (nSPS) is 11.4. The monoisotopic (exact) mass is 461 g/mol. The molecule has 0 spiro atoms. The van der Waals surface area contributed by atoms with E-state index in [4.69, 9.17) is 17.3 Å². The third kappa shape index (κ3) is 5.73. The first-order valence-electron chi connectivity index (χ1n) is 7.69. The smallest absolute Gasteiger partial charge is 0.341 e. The first-order valence-corrected chi connectivity index (χ1v) is 8.07. The minimum Gasteiger partial charge on any atom is -0.341 e. The highest BCUT2D eigenvalue weighted by Crippen LogP contribution is 2.35. The SMILES string of the molecule is CN(CC(C)(C)CN)C(=O)c1cnn(-c2ncccc2Cl)c1C(F)(F)F.Cl.Cl. The molecule has 28 heavy (non-hydrogen) atoms. The number of pyridine rings is 1. The predicted octanol–water partition coefficient (Wildman–Crippen LogP) is 3.84. The highest BCUT2D eigenvalue weighted by Gasteiger charge is 2.42. The average molecular weight is 463 g/mol. The molecule has 2 N–H and O–H groups in total. The summed E-state index contributed by atoms with van der Waals surface area (Å²) in [6, 6.07) is 2.88. The van der Waals surface area contributed by atoms with Gasteiger partial charge in [0.2, 0.25) is 0 Å². The summed E-state index contributed by atoms with van der Waals surface area (Å²) in [5.74, 6) is -1.01. The second-order valence-electron chi connectivity index (χ2n) is 6.65. The Labute approximate surface area is 178 Å². The van der Waals surface area contributed by atoms with E-state index in [1.54, 1.807) is 0 Å². The molecule has 0 aliphatic carbocycles. The van der Waals surface area contributed by atoms with Crippen LogP contribution in [0, 0.1) is 5.41 Å². The van der Waals surface area contributed by atoms with Gasteiger partial charge in [-0.3, -0.25) is 4.79 Å². The van der Waals surface area contributed by atoms with Crippen molar-refractivity contribution in [1.82, 2.24) is 19.7 Å². The lowest BCUT2D eigenvalue weighted by atomic mass is 9.93. The third-order valence-electron chi connectivity index (χ3n) is 3.77. The number of alkyl halides is 3. The van der Waals surface area contributed by atoms with Crippen LogP contribution in [0.25, 0.3) is 5.82 Å². The van der Waals surface area contributed by atoms with Gasteiger partial charge < -0.3 is 10.6 Å². The van der Waals surface area contributed by atoms with Crippen molar-refractivity contribution >= 4 is 42.3 Å². The average Bonchev–Trinajstić information content (AvgIpc) is 2.99. The van der Waals surface area contributed by atoms with Gasteiger partial charge in [-0.2, -0.15) is 18.3 Å². The molecule has 0 atom stereocenters. The lowest BCUT2D eigenvalue weighted by Gasteiger charge is -2.29. The number of carbonyl (C=O) groups is 1. The molecule has 6 nitrogen and oxygen atoms in total. The number of aromatic nitrogens is 3. The number of hydrogen-bond donors (Lipinski definition) is 1. The number of amides is 1. The van der Waals surface area contributed by atoms with Crippen LogP contribution in [0.3, 0.4) is 0 Å². The Balaban J connectivity index is 0.00000364. The van der Waals surface area contributed by atoms with Crippen LogP contribution >= 0.6 is 36.4 Å². The van der Waals surface area contributed by atoms with Gasteiger partial charge in [0, 0.05) is 19.8 Å². The van der Waals surface area contributed by atoms with Crippen LogP contribution in [0.5, 0.6) is 0 Å². The maximum Gasteiger partial charge on any atom is 0.434 e. The largest absolute Gasteiger partial charge is 0.434 e. The molecule has 0 aliphatic rings. The maximum absolute atomic E-state index is 13.7. The molecule has 12 heteroatoms. The van der Waals surface area contributed by atoms with E-state index in [1.165, 1.54) is 30.3 Å². The van der Waals surface area contributed by atoms with Gasteiger partial charge in [-0.15, -0.1) is 24.8 Å². The summed E-state index contributed by atoms with van der Waals surface area (Å²) in [4.78, 5) is 17.7. The quantitative estimate of drug-likeness (QED) is 0.732. The van der Waals surface area contributed by atoms with E-state index >= 15 is 0 Å². The minimum atomic E-state index is -4.83. The summed E-state index contributed by atoms with van der Waals surface area (Å²) >= 11 is 5.94. The second kappa shape index (κ2) is 9.78. The second-order valence-corrected chi connectivity index (χ2v) is 7.06. The Morgan fingerprint density at radius 3 is 2.43 bits per heavy atom. The summed E-state index contributed by atoms with van der Waals surface area (Å²) in [5, 5.41) is 3.70. The number of carbonyl (C=O) groups excluding carboxylic acids is 1. The summed E-state index contributed by atoms with van der Waals surface area (Å²) in [6.07, 6.45) is -2.66. The molecule has 0 bridgehead atoms. The number of hydrogen-bond acceptors (Lipinski definition) is 4. The number of nitrogens with zero attached hydrogens (tertiary/aromatic N) is 4. The van der Waals surface area contributed by atoms with Gasteiger partial charge in [0.05, 0.1) is 16.8 Å². The molecule has 0 unspecified atom stereocenters. The van der Waals surface area contributed by atoms with Crippen molar-refractivity contribution in [3.8, 4) is 5.82 Å². The number of nitrogens with two attached hydrogens (primary N) is 1. The number of rotatable bonds is 5. The Morgan fingerprint density at radius 1 is 1.32 bits per heavy atom. The van der Waals surface area contributed by atoms with Crippen molar-refractivity contribution in [2.45, 2.75) is 20.0 Å². The molecule has 2 rings (SSSR count). The van der Waals surface area contributed by atoms with Gasteiger partial charge in [0.1, 0.15) is 0 Å². The highest BCUT2D eigenvalue weighted by molar-refractivity contribution is 6.32. The molecule has 0 fully saturated rings. The van der Waals surface area contributed by atoms with Gasteiger partial charge in [-0.1, -0.05) is 25.4 Å².